The van der Waals surface area contributed by atoms with E-state index >= 15 is 0 Å². The molecule has 1 aromatic heterocycles. The molecule has 0 radical (unpaired) electrons. The first-order valence-corrected chi connectivity index (χ1v) is 10.1. The summed E-state index contributed by atoms with van der Waals surface area (Å²) in [6.07, 6.45) is 3.87. The van der Waals surface area contributed by atoms with Crippen molar-refractivity contribution in [3.05, 3.63) is 77.6 Å². The molecule has 0 bridgehead atoms. The van der Waals surface area contributed by atoms with Gasteiger partial charge in [-0.25, -0.2) is 0 Å². The number of aromatic nitrogens is 2. The standard InChI is InChI=1S/C24H25N5O2/c1-20-18-27-29(19-20)9-8-28(10-12-30-23-6-2-4-21(14-23)16-25)11-13-31-24-7-3-5-22(15-24)17-26/h2-7,14-15,18-19H,8-13H2,1H3. The predicted octanol–water partition coefficient (Wildman–Crippen LogP) is 3.39. The van der Waals surface area contributed by atoms with Gasteiger partial charge < -0.3 is 9.47 Å². The molecule has 0 N–H and O–H groups in total. The number of benzene rings is 2. The van der Waals surface area contributed by atoms with Crippen LogP contribution in [0.3, 0.4) is 0 Å². The Bertz CT molecular complexity index is 1000. The molecule has 0 atom stereocenters. The Hall–Kier alpha value is -3.81. The fourth-order valence-electron chi connectivity index (χ4n) is 3.06. The zero-order chi connectivity index (χ0) is 21.9. The highest BCUT2D eigenvalue weighted by atomic mass is 16.5. The van der Waals surface area contributed by atoms with Crippen molar-refractivity contribution < 1.29 is 9.47 Å². The average molecular weight is 415 g/mol. The zero-order valence-corrected chi connectivity index (χ0v) is 17.6. The third-order valence-corrected chi connectivity index (χ3v) is 4.69. The van der Waals surface area contributed by atoms with E-state index in [0.717, 1.165) is 18.7 Å². The quantitative estimate of drug-likeness (QED) is 0.477. The summed E-state index contributed by atoms with van der Waals surface area (Å²) in [5, 5.41) is 22.4. The number of ether oxygens (including phenoxy) is 2. The maximum absolute atomic E-state index is 9.03. The van der Waals surface area contributed by atoms with Crippen LogP contribution >= 0.6 is 0 Å². The monoisotopic (exact) mass is 415 g/mol. The van der Waals surface area contributed by atoms with Gasteiger partial charge in [0.05, 0.1) is 36.0 Å². The first-order chi connectivity index (χ1) is 15.2. The molecule has 0 aliphatic rings. The molecule has 1 heterocycles. The van der Waals surface area contributed by atoms with Gasteiger partial charge in [-0.2, -0.15) is 15.6 Å². The Balaban J connectivity index is 1.53. The first-order valence-electron chi connectivity index (χ1n) is 10.1. The van der Waals surface area contributed by atoms with Crippen molar-refractivity contribution in [1.29, 1.82) is 10.5 Å². The van der Waals surface area contributed by atoms with Gasteiger partial charge in [0.15, 0.2) is 0 Å². The third kappa shape index (κ3) is 7.18. The van der Waals surface area contributed by atoms with Crippen LogP contribution in [0.2, 0.25) is 0 Å². The Morgan fingerprint density at radius 2 is 1.48 bits per heavy atom. The van der Waals surface area contributed by atoms with Crippen molar-refractivity contribution in [1.82, 2.24) is 14.7 Å². The van der Waals surface area contributed by atoms with Crippen LogP contribution in [0.25, 0.3) is 0 Å². The Kier molecular flexibility index (Phi) is 8.05. The molecule has 0 unspecified atom stereocenters. The number of aryl methyl sites for hydroxylation is 1. The number of nitriles is 2. The van der Waals surface area contributed by atoms with E-state index in [2.05, 4.69) is 22.1 Å². The van der Waals surface area contributed by atoms with Gasteiger partial charge in [0.1, 0.15) is 24.7 Å². The third-order valence-electron chi connectivity index (χ3n) is 4.69. The summed E-state index contributed by atoms with van der Waals surface area (Å²) in [6, 6.07) is 18.6. The maximum atomic E-state index is 9.03. The largest absolute Gasteiger partial charge is 0.492 e. The molecular formula is C24H25N5O2. The molecule has 0 aliphatic carbocycles. The molecule has 0 saturated heterocycles. The van der Waals surface area contributed by atoms with Gasteiger partial charge in [0, 0.05) is 25.8 Å². The maximum Gasteiger partial charge on any atom is 0.120 e. The van der Waals surface area contributed by atoms with Crippen LogP contribution in [0.15, 0.2) is 60.9 Å². The van der Waals surface area contributed by atoms with Gasteiger partial charge >= 0.3 is 0 Å². The molecule has 7 nitrogen and oxygen atoms in total. The number of hydrogen-bond acceptors (Lipinski definition) is 6. The SMILES string of the molecule is Cc1cnn(CCN(CCOc2cccc(C#N)c2)CCOc2cccc(C#N)c2)c1. The molecule has 31 heavy (non-hydrogen) atoms. The fourth-order valence-corrected chi connectivity index (χ4v) is 3.06. The van der Waals surface area contributed by atoms with Crippen LogP contribution in [0.5, 0.6) is 11.5 Å². The van der Waals surface area contributed by atoms with Gasteiger partial charge in [-0.3, -0.25) is 9.58 Å². The Morgan fingerprint density at radius 1 is 0.903 bits per heavy atom. The van der Waals surface area contributed by atoms with Crippen LogP contribution < -0.4 is 9.47 Å². The van der Waals surface area contributed by atoms with Gasteiger partial charge in [-0.1, -0.05) is 12.1 Å². The highest BCUT2D eigenvalue weighted by Crippen LogP contribution is 2.13. The van der Waals surface area contributed by atoms with E-state index in [1.54, 1.807) is 24.3 Å². The Morgan fingerprint density at radius 3 is 1.97 bits per heavy atom. The minimum Gasteiger partial charge on any atom is -0.492 e. The van der Waals surface area contributed by atoms with Gasteiger partial charge in [0.2, 0.25) is 0 Å². The molecule has 158 valence electrons. The van der Waals surface area contributed by atoms with E-state index < -0.39 is 0 Å². The minimum absolute atomic E-state index is 0.497. The minimum atomic E-state index is 0.497. The van der Waals surface area contributed by atoms with Gasteiger partial charge in [-0.05, 0) is 48.9 Å². The van der Waals surface area contributed by atoms with Crippen molar-refractivity contribution in [3.8, 4) is 23.6 Å². The second-order valence-electron chi connectivity index (χ2n) is 7.10. The fraction of sp³-hybridized carbons (Fsp3) is 0.292. The predicted molar refractivity (Wildman–Crippen MR) is 117 cm³/mol. The molecule has 3 aromatic rings. The van der Waals surface area contributed by atoms with Gasteiger partial charge in [0.25, 0.3) is 0 Å². The molecule has 3 rings (SSSR count). The zero-order valence-electron chi connectivity index (χ0n) is 17.6. The van der Waals surface area contributed by atoms with E-state index in [0.29, 0.717) is 48.9 Å². The lowest BCUT2D eigenvalue weighted by Crippen LogP contribution is -2.35. The molecule has 0 saturated carbocycles. The van der Waals surface area contributed by atoms with Crippen molar-refractivity contribution in [3.63, 3.8) is 0 Å². The van der Waals surface area contributed by atoms with Crippen molar-refractivity contribution in [2.75, 3.05) is 32.8 Å². The van der Waals surface area contributed by atoms with E-state index in [-0.39, 0.29) is 0 Å². The number of nitrogens with zero attached hydrogens (tertiary/aromatic N) is 5. The van der Waals surface area contributed by atoms with E-state index in [4.69, 9.17) is 20.0 Å². The number of rotatable bonds is 11. The summed E-state index contributed by atoms with van der Waals surface area (Å²) in [6.45, 7) is 5.99. The van der Waals surface area contributed by atoms with Crippen LogP contribution in [0.4, 0.5) is 0 Å². The van der Waals surface area contributed by atoms with Gasteiger partial charge in [-0.15, -0.1) is 0 Å². The second kappa shape index (κ2) is 11.4. The molecular weight excluding hydrogens is 390 g/mol. The first kappa shape index (κ1) is 21.9. The normalized spacial score (nSPS) is 10.5. The molecule has 0 aliphatic heterocycles. The highest BCUT2D eigenvalue weighted by molar-refractivity contribution is 5.36. The van der Waals surface area contributed by atoms with Crippen molar-refractivity contribution in [2.45, 2.75) is 13.5 Å². The van der Waals surface area contributed by atoms with Crippen LogP contribution in [-0.2, 0) is 6.54 Å². The topological polar surface area (TPSA) is 87.1 Å². The molecule has 0 amide bonds. The summed E-state index contributed by atoms with van der Waals surface area (Å²) >= 11 is 0. The summed E-state index contributed by atoms with van der Waals surface area (Å²) in [4.78, 5) is 2.25. The summed E-state index contributed by atoms with van der Waals surface area (Å²) < 4.78 is 13.6. The summed E-state index contributed by atoms with van der Waals surface area (Å²) in [5.41, 5.74) is 2.29. The lowest BCUT2D eigenvalue weighted by molar-refractivity contribution is 0.171. The van der Waals surface area contributed by atoms with E-state index in [1.165, 1.54) is 0 Å². The van der Waals surface area contributed by atoms with E-state index in [1.807, 2.05) is 48.3 Å². The Labute approximate surface area is 182 Å². The van der Waals surface area contributed by atoms with Crippen molar-refractivity contribution in [2.24, 2.45) is 0 Å². The van der Waals surface area contributed by atoms with E-state index in [9.17, 15) is 0 Å². The number of hydrogen-bond donors (Lipinski definition) is 0. The van der Waals surface area contributed by atoms with Crippen LogP contribution in [-0.4, -0.2) is 47.5 Å². The molecule has 0 spiro atoms. The summed E-state index contributed by atoms with van der Waals surface area (Å²) in [5.74, 6) is 1.37. The van der Waals surface area contributed by atoms with Crippen molar-refractivity contribution >= 4 is 0 Å². The van der Waals surface area contributed by atoms with Crippen LogP contribution in [0, 0.1) is 29.6 Å². The lowest BCUT2D eigenvalue weighted by atomic mass is 10.2. The average Bonchev–Trinajstić information content (AvgIpc) is 3.22. The summed E-state index contributed by atoms with van der Waals surface area (Å²) in [7, 11) is 0. The molecule has 7 heteroatoms. The lowest BCUT2D eigenvalue weighted by Gasteiger charge is -2.22. The molecule has 2 aromatic carbocycles. The molecule has 0 fully saturated rings. The highest BCUT2D eigenvalue weighted by Gasteiger charge is 2.08. The van der Waals surface area contributed by atoms with Crippen LogP contribution in [0.1, 0.15) is 16.7 Å². The second-order valence-corrected chi connectivity index (χ2v) is 7.10. The smallest absolute Gasteiger partial charge is 0.120 e.